The average Bonchev–Trinajstić information content (AvgIpc) is 3.07. The Hall–Kier alpha value is -1.12. The minimum atomic E-state index is -0.975. The molecule has 6 heteroatoms. The van der Waals surface area contributed by atoms with Crippen LogP contribution in [-0.2, 0) is 12.0 Å². The SMILES string of the molecule is CCNC(=NCC(C)(O)c1ccccc1)NCCc1ccsc1.I. The van der Waals surface area contributed by atoms with Gasteiger partial charge in [-0.25, -0.2) is 4.99 Å². The minimum Gasteiger partial charge on any atom is -0.384 e. The number of hydrogen-bond donors (Lipinski definition) is 3. The zero-order valence-corrected chi connectivity index (χ0v) is 17.3. The molecular weight excluding hydrogens is 433 g/mol. The predicted octanol–water partition coefficient (Wildman–Crippen LogP) is 3.37. The number of aliphatic hydroxyl groups is 1. The molecule has 1 atom stereocenters. The Balaban J connectivity index is 0.00000288. The molecule has 0 saturated heterocycles. The van der Waals surface area contributed by atoms with E-state index in [9.17, 15) is 5.11 Å². The van der Waals surface area contributed by atoms with E-state index in [4.69, 9.17) is 0 Å². The molecule has 2 rings (SSSR count). The van der Waals surface area contributed by atoms with Gasteiger partial charge in [-0.05, 0) is 48.2 Å². The molecule has 0 aliphatic rings. The third kappa shape index (κ3) is 6.78. The highest BCUT2D eigenvalue weighted by Gasteiger charge is 2.22. The van der Waals surface area contributed by atoms with Crippen LogP contribution in [0.2, 0.25) is 0 Å². The highest BCUT2D eigenvalue weighted by atomic mass is 127. The maximum atomic E-state index is 10.6. The van der Waals surface area contributed by atoms with Gasteiger partial charge in [-0.15, -0.1) is 24.0 Å². The zero-order chi connectivity index (χ0) is 16.5. The van der Waals surface area contributed by atoms with Gasteiger partial charge in [0.25, 0.3) is 0 Å². The molecule has 24 heavy (non-hydrogen) atoms. The van der Waals surface area contributed by atoms with Gasteiger partial charge in [0.2, 0.25) is 0 Å². The van der Waals surface area contributed by atoms with E-state index in [1.165, 1.54) is 5.56 Å². The topological polar surface area (TPSA) is 56.7 Å². The fourth-order valence-electron chi connectivity index (χ4n) is 2.22. The van der Waals surface area contributed by atoms with E-state index in [2.05, 4.69) is 32.5 Å². The highest BCUT2D eigenvalue weighted by molar-refractivity contribution is 14.0. The van der Waals surface area contributed by atoms with Crippen LogP contribution in [0.15, 0.2) is 52.2 Å². The molecule has 132 valence electrons. The van der Waals surface area contributed by atoms with Crippen molar-refractivity contribution in [3.8, 4) is 0 Å². The summed E-state index contributed by atoms with van der Waals surface area (Å²) in [4.78, 5) is 4.53. The second-order valence-corrected chi connectivity index (χ2v) is 6.42. The van der Waals surface area contributed by atoms with Crippen LogP contribution in [0.3, 0.4) is 0 Å². The number of hydrogen-bond acceptors (Lipinski definition) is 3. The van der Waals surface area contributed by atoms with Crippen molar-refractivity contribution in [1.82, 2.24) is 10.6 Å². The minimum absolute atomic E-state index is 0. The van der Waals surface area contributed by atoms with Crippen LogP contribution < -0.4 is 10.6 Å². The molecule has 1 aromatic carbocycles. The van der Waals surface area contributed by atoms with Crippen molar-refractivity contribution in [2.45, 2.75) is 25.9 Å². The van der Waals surface area contributed by atoms with E-state index < -0.39 is 5.60 Å². The van der Waals surface area contributed by atoms with Crippen molar-refractivity contribution >= 4 is 41.3 Å². The van der Waals surface area contributed by atoms with Crippen molar-refractivity contribution < 1.29 is 5.11 Å². The standard InChI is InChI=1S/C18H25N3OS.HI/c1-3-19-17(20-11-9-15-10-12-23-13-15)21-14-18(2,22)16-7-5-4-6-8-16;/h4-8,10,12-13,22H,3,9,11,14H2,1-2H3,(H2,19,20,21);1H. The number of guanidine groups is 1. The lowest BCUT2D eigenvalue weighted by Crippen LogP contribution is -2.39. The summed E-state index contributed by atoms with van der Waals surface area (Å²) >= 11 is 1.71. The van der Waals surface area contributed by atoms with Crippen molar-refractivity contribution in [2.24, 2.45) is 4.99 Å². The second-order valence-electron chi connectivity index (χ2n) is 5.64. The van der Waals surface area contributed by atoms with Crippen LogP contribution in [0.1, 0.15) is 25.0 Å². The van der Waals surface area contributed by atoms with Gasteiger partial charge < -0.3 is 15.7 Å². The Morgan fingerprint density at radius 3 is 2.58 bits per heavy atom. The van der Waals surface area contributed by atoms with Crippen molar-refractivity contribution in [3.05, 3.63) is 58.3 Å². The van der Waals surface area contributed by atoms with Gasteiger partial charge in [0, 0.05) is 13.1 Å². The van der Waals surface area contributed by atoms with Gasteiger partial charge >= 0.3 is 0 Å². The summed E-state index contributed by atoms with van der Waals surface area (Å²) in [6.07, 6.45) is 0.961. The molecule has 4 nitrogen and oxygen atoms in total. The molecule has 0 aliphatic carbocycles. The fourth-order valence-corrected chi connectivity index (χ4v) is 2.93. The number of aliphatic imine (C=N–C) groups is 1. The van der Waals surface area contributed by atoms with E-state index in [0.717, 1.165) is 31.0 Å². The molecular formula is C18H26IN3OS. The lowest BCUT2D eigenvalue weighted by Gasteiger charge is -2.22. The highest BCUT2D eigenvalue weighted by Crippen LogP contribution is 2.20. The average molecular weight is 459 g/mol. The molecule has 1 aromatic heterocycles. The summed E-state index contributed by atoms with van der Waals surface area (Å²) in [7, 11) is 0. The maximum absolute atomic E-state index is 10.6. The van der Waals surface area contributed by atoms with Gasteiger partial charge in [-0.3, -0.25) is 0 Å². The molecule has 3 N–H and O–H groups in total. The molecule has 0 amide bonds. The van der Waals surface area contributed by atoms with Gasteiger partial charge in [-0.2, -0.15) is 11.3 Å². The maximum Gasteiger partial charge on any atom is 0.191 e. The molecule has 0 spiro atoms. The van der Waals surface area contributed by atoms with Crippen molar-refractivity contribution in [2.75, 3.05) is 19.6 Å². The smallest absolute Gasteiger partial charge is 0.191 e. The van der Waals surface area contributed by atoms with Gasteiger partial charge in [0.1, 0.15) is 5.60 Å². The third-order valence-corrected chi connectivity index (χ3v) is 4.30. The zero-order valence-electron chi connectivity index (χ0n) is 14.2. The van der Waals surface area contributed by atoms with E-state index in [-0.39, 0.29) is 24.0 Å². The molecule has 0 aliphatic heterocycles. The number of nitrogens with zero attached hydrogens (tertiary/aromatic N) is 1. The normalized spacial score (nSPS) is 13.7. The molecule has 1 heterocycles. The van der Waals surface area contributed by atoms with Crippen LogP contribution in [0.4, 0.5) is 0 Å². The van der Waals surface area contributed by atoms with Gasteiger partial charge in [-0.1, -0.05) is 30.3 Å². The summed E-state index contributed by atoms with van der Waals surface area (Å²) in [6.45, 7) is 5.74. The Bertz CT molecular complexity index is 600. The summed E-state index contributed by atoms with van der Waals surface area (Å²) in [5.41, 5.74) is 1.23. The first-order valence-corrected chi connectivity index (χ1v) is 8.87. The quantitative estimate of drug-likeness (QED) is 0.338. The van der Waals surface area contributed by atoms with E-state index in [1.807, 2.05) is 37.3 Å². The van der Waals surface area contributed by atoms with Crippen LogP contribution in [0, 0.1) is 0 Å². The first-order chi connectivity index (χ1) is 11.1. The largest absolute Gasteiger partial charge is 0.384 e. The fraction of sp³-hybridized carbons (Fsp3) is 0.389. The third-order valence-electron chi connectivity index (χ3n) is 3.57. The van der Waals surface area contributed by atoms with Crippen molar-refractivity contribution in [3.63, 3.8) is 0 Å². The van der Waals surface area contributed by atoms with Gasteiger partial charge in [0.05, 0.1) is 6.54 Å². The number of rotatable bonds is 7. The van der Waals surface area contributed by atoms with Crippen LogP contribution in [-0.4, -0.2) is 30.7 Å². The van der Waals surface area contributed by atoms with Gasteiger partial charge in [0.15, 0.2) is 5.96 Å². The summed E-state index contributed by atoms with van der Waals surface area (Å²) in [6, 6.07) is 11.8. The summed E-state index contributed by atoms with van der Waals surface area (Å²) in [5.74, 6) is 0.735. The molecule has 0 radical (unpaired) electrons. The number of nitrogens with one attached hydrogen (secondary N) is 2. The lowest BCUT2D eigenvalue weighted by molar-refractivity contribution is 0.0672. The number of halogens is 1. The molecule has 0 bridgehead atoms. The number of benzene rings is 1. The Morgan fingerprint density at radius 2 is 1.96 bits per heavy atom. The van der Waals surface area contributed by atoms with E-state index in [0.29, 0.717) is 6.54 Å². The summed E-state index contributed by atoms with van der Waals surface area (Å²) < 4.78 is 0. The Labute approximate surface area is 165 Å². The summed E-state index contributed by atoms with van der Waals surface area (Å²) in [5, 5.41) is 21.4. The van der Waals surface area contributed by atoms with Crippen LogP contribution in [0.5, 0.6) is 0 Å². The second kappa shape index (κ2) is 10.7. The number of thiophene rings is 1. The first-order valence-electron chi connectivity index (χ1n) is 7.93. The Kier molecular flexibility index (Phi) is 9.31. The van der Waals surface area contributed by atoms with Crippen LogP contribution in [0.25, 0.3) is 0 Å². The predicted molar refractivity (Wildman–Crippen MR) is 113 cm³/mol. The van der Waals surface area contributed by atoms with E-state index in [1.54, 1.807) is 18.3 Å². The molecule has 0 fully saturated rings. The van der Waals surface area contributed by atoms with E-state index >= 15 is 0 Å². The Morgan fingerprint density at radius 1 is 1.21 bits per heavy atom. The lowest BCUT2D eigenvalue weighted by atomic mass is 9.96. The van der Waals surface area contributed by atoms with Crippen LogP contribution >= 0.6 is 35.3 Å². The molecule has 2 aromatic rings. The molecule has 1 unspecified atom stereocenters. The monoisotopic (exact) mass is 459 g/mol. The molecule has 0 saturated carbocycles. The first kappa shape index (κ1) is 20.9. The van der Waals surface area contributed by atoms with Crippen molar-refractivity contribution in [1.29, 1.82) is 0 Å².